The molecule has 2 aromatic rings. The fourth-order valence-corrected chi connectivity index (χ4v) is 3.67. The lowest BCUT2D eigenvalue weighted by molar-refractivity contribution is -0.932. The number of para-hydroxylation sites is 1. The van der Waals surface area contributed by atoms with Crippen molar-refractivity contribution in [3.63, 3.8) is 0 Å². The van der Waals surface area contributed by atoms with E-state index in [9.17, 15) is 4.79 Å². The van der Waals surface area contributed by atoms with Gasteiger partial charge in [0, 0.05) is 11.6 Å². The van der Waals surface area contributed by atoms with Crippen molar-refractivity contribution < 1.29 is 14.1 Å². The van der Waals surface area contributed by atoms with Crippen LogP contribution in [0.1, 0.15) is 24.6 Å². The average molecular weight is 340 g/mol. The Hall–Kier alpha value is -2.27. The van der Waals surface area contributed by atoms with Gasteiger partial charge in [-0.05, 0) is 37.1 Å². The van der Waals surface area contributed by atoms with Crippen LogP contribution in [0.4, 0.5) is 5.69 Å². The van der Waals surface area contributed by atoms with Crippen molar-refractivity contribution in [3.8, 4) is 0 Å². The zero-order chi connectivity index (χ0) is 17.1. The Kier molecular flexibility index (Phi) is 4.74. The van der Waals surface area contributed by atoms with Gasteiger partial charge in [-0.25, -0.2) is 0 Å². The average Bonchev–Trinajstić information content (AvgIpc) is 3.39. The van der Waals surface area contributed by atoms with E-state index in [1.807, 2.05) is 12.1 Å². The van der Waals surface area contributed by atoms with Crippen LogP contribution in [-0.2, 0) is 4.79 Å². The van der Waals surface area contributed by atoms with Gasteiger partial charge in [0.05, 0.1) is 39.0 Å². The Morgan fingerprint density at radius 1 is 1.16 bits per heavy atom. The zero-order valence-corrected chi connectivity index (χ0v) is 14.5. The van der Waals surface area contributed by atoms with Crippen molar-refractivity contribution in [2.45, 2.75) is 18.9 Å². The molecule has 1 atom stereocenters. The first kappa shape index (κ1) is 16.2. The van der Waals surface area contributed by atoms with Crippen molar-refractivity contribution in [2.24, 2.45) is 5.92 Å². The topological polar surface area (TPSA) is 49.9 Å². The molecule has 0 radical (unpaired) electrons. The Bertz CT molecular complexity index is 674. The van der Waals surface area contributed by atoms with Crippen LogP contribution in [0.2, 0.25) is 0 Å². The first-order chi connectivity index (χ1) is 12.3. The van der Waals surface area contributed by atoms with Crippen LogP contribution in [0.5, 0.6) is 0 Å². The molecule has 2 aliphatic rings. The number of hydrogen-bond donors (Lipinski definition) is 2. The zero-order valence-electron chi connectivity index (χ0n) is 14.5. The molecule has 4 rings (SSSR count). The van der Waals surface area contributed by atoms with Crippen LogP contribution in [0.25, 0.3) is 0 Å². The number of benzene rings is 1. The number of hydrogen-bond acceptors (Lipinski definition) is 3. The smallest absolute Gasteiger partial charge is 0.223 e. The van der Waals surface area contributed by atoms with E-state index in [1.54, 1.807) is 6.26 Å². The molecule has 5 nitrogen and oxygen atoms in total. The number of anilines is 1. The fourth-order valence-electron chi connectivity index (χ4n) is 3.67. The molecular weight excluding hydrogens is 314 g/mol. The first-order valence-electron chi connectivity index (χ1n) is 9.27. The van der Waals surface area contributed by atoms with Crippen molar-refractivity contribution in [3.05, 3.63) is 54.5 Å². The number of rotatable bonds is 6. The number of nitrogens with zero attached hydrogens (tertiary/aromatic N) is 1. The molecule has 0 unspecified atom stereocenters. The van der Waals surface area contributed by atoms with Crippen LogP contribution < -0.4 is 15.1 Å². The molecule has 5 heteroatoms. The van der Waals surface area contributed by atoms with Crippen molar-refractivity contribution >= 4 is 11.6 Å². The molecule has 1 saturated heterocycles. The van der Waals surface area contributed by atoms with E-state index in [1.165, 1.54) is 10.6 Å². The van der Waals surface area contributed by atoms with E-state index in [4.69, 9.17) is 4.42 Å². The van der Waals surface area contributed by atoms with E-state index in [0.717, 1.165) is 44.8 Å². The van der Waals surface area contributed by atoms with Crippen LogP contribution in [-0.4, -0.2) is 38.6 Å². The summed E-state index contributed by atoms with van der Waals surface area (Å²) in [6.07, 6.45) is 3.81. The lowest BCUT2D eigenvalue weighted by atomic mass is 10.1. The van der Waals surface area contributed by atoms with Gasteiger partial charge in [-0.2, -0.15) is 0 Å². The SMILES string of the molecule is O=C(NC[C@@H](c1ccco1)[NH+]1CCN(c2ccccc2)CC1)C1CC1. The molecule has 1 aromatic carbocycles. The number of amides is 1. The van der Waals surface area contributed by atoms with Gasteiger partial charge in [-0.3, -0.25) is 4.79 Å². The third kappa shape index (κ3) is 3.87. The van der Waals surface area contributed by atoms with Crippen LogP contribution in [0.15, 0.2) is 53.1 Å². The molecule has 1 amide bonds. The maximum absolute atomic E-state index is 12.0. The molecule has 25 heavy (non-hydrogen) atoms. The van der Waals surface area contributed by atoms with Crippen LogP contribution >= 0.6 is 0 Å². The normalized spacial score (nSPS) is 19.6. The summed E-state index contributed by atoms with van der Waals surface area (Å²) in [5.74, 6) is 1.43. The Balaban J connectivity index is 1.39. The van der Waals surface area contributed by atoms with Gasteiger partial charge < -0.3 is 19.5 Å². The summed E-state index contributed by atoms with van der Waals surface area (Å²) in [7, 11) is 0. The Labute approximate surface area is 148 Å². The van der Waals surface area contributed by atoms with E-state index in [-0.39, 0.29) is 17.9 Å². The molecule has 1 aromatic heterocycles. The summed E-state index contributed by atoms with van der Waals surface area (Å²) in [6.45, 7) is 4.78. The van der Waals surface area contributed by atoms with Crippen LogP contribution in [0.3, 0.4) is 0 Å². The molecule has 0 bridgehead atoms. The second kappa shape index (κ2) is 7.31. The summed E-state index contributed by atoms with van der Waals surface area (Å²) < 4.78 is 5.68. The number of quaternary nitrogens is 1. The van der Waals surface area contributed by atoms with Gasteiger partial charge in [-0.15, -0.1) is 0 Å². The highest BCUT2D eigenvalue weighted by Gasteiger charge is 2.34. The summed E-state index contributed by atoms with van der Waals surface area (Å²) in [5.41, 5.74) is 1.29. The number of furan rings is 1. The molecule has 1 aliphatic carbocycles. The number of piperazine rings is 1. The second-order valence-electron chi connectivity index (χ2n) is 7.07. The predicted octanol–water partition coefficient (Wildman–Crippen LogP) is 1.25. The standard InChI is InChI=1S/C20H25N3O2/c24-20(16-8-9-16)21-15-18(19-7-4-14-25-19)23-12-10-22(11-13-23)17-5-2-1-3-6-17/h1-7,14,16,18H,8-13,15H2,(H,21,24)/p+1/t18-/m0/s1. The lowest BCUT2D eigenvalue weighted by Crippen LogP contribution is -3.15. The monoisotopic (exact) mass is 340 g/mol. The van der Waals surface area contributed by atoms with E-state index in [0.29, 0.717) is 6.54 Å². The Morgan fingerprint density at radius 2 is 1.92 bits per heavy atom. The largest absolute Gasteiger partial charge is 0.463 e. The van der Waals surface area contributed by atoms with Crippen LogP contribution in [0, 0.1) is 5.92 Å². The summed E-state index contributed by atoms with van der Waals surface area (Å²) in [6, 6.07) is 14.7. The van der Waals surface area contributed by atoms with Gasteiger partial charge in [0.15, 0.2) is 11.8 Å². The molecule has 2 heterocycles. The molecule has 2 fully saturated rings. The minimum Gasteiger partial charge on any atom is -0.463 e. The van der Waals surface area contributed by atoms with Crippen molar-refractivity contribution in [2.75, 3.05) is 37.6 Å². The number of nitrogens with one attached hydrogen (secondary N) is 2. The van der Waals surface area contributed by atoms with E-state index >= 15 is 0 Å². The minimum atomic E-state index is 0.190. The van der Waals surface area contributed by atoms with Gasteiger partial charge >= 0.3 is 0 Å². The third-order valence-electron chi connectivity index (χ3n) is 5.33. The van der Waals surface area contributed by atoms with Gasteiger partial charge in [-0.1, -0.05) is 18.2 Å². The molecule has 0 spiro atoms. The van der Waals surface area contributed by atoms with E-state index < -0.39 is 0 Å². The van der Waals surface area contributed by atoms with Gasteiger partial charge in [0.25, 0.3) is 0 Å². The lowest BCUT2D eigenvalue weighted by Gasteiger charge is -2.37. The van der Waals surface area contributed by atoms with Crippen molar-refractivity contribution in [1.29, 1.82) is 0 Å². The first-order valence-corrected chi connectivity index (χ1v) is 9.27. The highest BCUT2D eigenvalue weighted by atomic mass is 16.3. The Morgan fingerprint density at radius 3 is 2.56 bits per heavy atom. The fraction of sp³-hybridized carbons (Fsp3) is 0.450. The van der Waals surface area contributed by atoms with Crippen molar-refractivity contribution in [1.82, 2.24) is 5.32 Å². The quantitative estimate of drug-likeness (QED) is 0.832. The maximum Gasteiger partial charge on any atom is 0.223 e. The molecule has 1 aliphatic heterocycles. The molecule has 2 N–H and O–H groups in total. The van der Waals surface area contributed by atoms with Gasteiger partial charge in [0.2, 0.25) is 5.91 Å². The van der Waals surface area contributed by atoms with Gasteiger partial charge in [0.1, 0.15) is 0 Å². The third-order valence-corrected chi connectivity index (χ3v) is 5.33. The molecule has 1 saturated carbocycles. The minimum absolute atomic E-state index is 0.190. The predicted molar refractivity (Wildman–Crippen MR) is 96.5 cm³/mol. The highest BCUT2D eigenvalue weighted by molar-refractivity contribution is 5.80. The number of carbonyl (C=O) groups is 1. The van der Waals surface area contributed by atoms with E-state index in [2.05, 4.69) is 40.5 Å². The molecule has 132 valence electrons. The summed E-state index contributed by atoms with van der Waals surface area (Å²) in [4.78, 5) is 16.0. The number of carbonyl (C=O) groups excluding carboxylic acids is 1. The highest BCUT2D eigenvalue weighted by Crippen LogP contribution is 2.28. The summed E-state index contributed by atoms with van der Waals surface area (Å²) in [5, 5.41) is 3.14. The maximum atomic E-state index is 12.0. The molecular formula is C20H26N3O2+. The summed E-state index contributed by atoms with van der Waals surface area (Å²) >= 11 is 0. The second-order valence-corrected chi connectivity index (χ2v) is 7.07.